The predicted octanol–water partition coefficient (Wildman–Crippen LogP) is 3.67. The van der Waals surface area contributed by atoms with Crippen molar-refractivity contribution in [2.45, 2.75) is 51.0 Å². The van der Waals surface area contributed by atoms with Crippen molar-refractivity contribution in [3.63, 3.8) is 0 Å². The van der Waals surface area contributed by atoms with Gasteiger partial charge in [-0.3, -0.25) is 9.48 Å². The van der Waals surface area contributed by atoms with Crippen LogP contribution in [0.25, 0.3) is 0 Å². The second-order valence-electron chi connectivity index (χ2n) is 6.59. The summed E-state index contributed by atoms with van der Waals surface area (Å²) in [6.07, 6.45) is 6.51. The molecule has 0 aliphatic heterocycles. The van der Waals surface area contributed by atoms with E-state index in [0.29, 0.717) is 18.8 Å². The molecule has 0 bridgehead atoms. The highest BCUT2D eigenvalue weighted by Crippen LogP contribution is 2.41. The van der Waals surface area contributed by atoms with E-state index >= 15 is 0 Å². The molecule has 0 radical (unpaired) electrons. The average molecular weight is 329 g/mol. The van der Waals surface area contributed by atoms with Crippen molar-refractivity contribution >= 4 is 5.91 Å². The number of hydrogen-bond donors (Lipinski definition) is 1. The smallest absolute Gasteiger partial charge is 0.269 e. The zero-order valence-electron chi connectivity index (χ0n) is 14.1. The maximum absolute atomic E-state index is 14.3. The zero-order valence-corrected chi connectivity index (χ0v) is 14.1. The monoisotopic (exact) mass is 329 g/mol. The number of carbonyl (C=O) groups is 1. The average Bonchev–Trinajstić information content (AvgIpc) is 3.24. The van der Waals surface area contributed by atoms with E-state index in [-0.39, 0.29) is 17.1 Å². The van der Waals surface area contributed by atoms with Crippen LogP contribution in [0.1, 0.15) is 55.1 Å². The molecule has 0 spiro atoms. The minimum Gasteiger partial charge on any atom is -0.350 e. The fourth-order valence-electron chi connectivity index (χ4n) is 3.74. The van der Waals surface area contributed by atoms with Crippen LogP contribution in [0.4, 0.5) is 4.39 Å². The lowest BCUT2D eigenvalue weighted by molar-refractivity contribution is 0.0931. The second kappa shape index (κ2) is 7.16. The number of hydrogen-bond acceptors (Lipinski definition) is 2. The molecule has 128 valence electrons. The van der Waals surface area contributed by atoms with E-state index in [1.807, 2.05) is 12.1 Å². The van der Waals surface area contributed by atoms with E-state index in [0.717, 1.165) is 37.7 Å². The van der Waals surface area contributed by atoms with Gasteiger partial charge in [0.2, 0.25) is 0 Å². The van der Waals surface area contributed by atoms with Crippen LogP contribution in [0.15, 0.2) is 36.5 Å². The van der Waals surface area contributed by atoms with Crippen LogP contribution in [0, 0.1) is 5.82 Å². The summed E-state index contributed by atoms with van der Waals surface area (Å²) >= 11 is 0. The highest BCUT2D eigenvalue weighted by Gasteiger charge is 2.38. The molecule has 1 N–H and O–H groups in total. The number of halogens is 1. The number of rotatable bonds is 6. The first-order valence-electron chi connectivity index (χ1n) is 8.71. The fraction of sp³-hybridized carbons (Fsp3) is 0.474. The highest BCUT2D eigenvalue weighted by atomic mass is 19.1. The molecule has 1 aliphatic carbocycles. The third-order valence-corrected chi connectivity index (χ3v) is 4.98. The lowest BCUT2D eigenvalue weighted by Crippen LogP contribution is -2.40. The van der Waals surface area contributed by atoms with Crippen LogP contribution >= 0.6 is 0 Å². The summed E-state index contributed by atoms with van der Waals surface area (Å²) in [4.78, 5) is 12.6. The molecule has 0 saturated heterocycles. The molecular formula is C19H24FN3O. The topological polar surface area (TPSA) is 46.9 Å². The number of nitrogens with zero attached hydrogens (tertiary/aromatic N) is 2. The van der Waals surface area contributed by atoms with Crippen molar-refractivity contribution in [3.8, 4) is 0 Å². The molecule has 1 fully saturated rings. The van der Waals surface area contributed by atoms with Crippen LogP contribution in [0.5, 0.6) is 0 Å². The van der Waals surface area contributed by atoms with Gasteiger partial charge in [-0.15, -0.1) is 0 Å². The van der Waals surface area contributed by atoms with Crippen molar-refractivity contribution in [2.24, 2.45) is 0 Å². The third-order valence-electron chi connectivity index (χ3n) is 4.98. The van der Waals surface area contributed by atoms with Crippen LogP contribution in [0.3, 0.4) is 0 Å². The third kappa shape index (κ3) is 3.21. The number of aromatic nitrogens is 2. The Morgan fingerprint density at radius 2 is 2.04 bits per heavy atom. The Labute approximate surface area is 142 Å². The lowest BCUT2D eigenvalue weighted by atomic mass is 9.78. The minimum atomic E-state index is -0.295. The van der Waals surface area contributed by atoms with Crippen LogP contribution in [0.2, 0.25) is 0 Å². The van der Waals surface area contributed by atoms with Gasteiger partial charge in [0.15, 0.2) is 0 Å². The number of amides is 1. The first-order chi connectivity index (χ1) is 11.7. The van der Waals surface area contributed by atoms with E-state index in [9.17, 15) is 9.18 Å². The molecule has 1 amide bonds. The first-order valence-corrected chi connectivity index (χ1v) is 8.71. The SMILES string of the molecule is CCCn1nccc1C(=O)NCC1(c2ccccc2F)CCCC1. The summed E-state index contributed by atoms with van der Waals surface area (Å²) in [6.45, 7) is 3.23. The van der Waals surface area contributed by atoms with Gasteiger partial charge in [0.05, 0.1) is 0 Å². The molecule has 3 rings (SSSR count). The lowest BCUT2D eigenvalue weighted by Gasteiger charge is -2.30. The molecule has 0 atom stereocenters. The Morgan fingerprint density at radius 1 is 1.29 bits per heavy atom. The molecule has 0 unspecified atom stereocenters. The summed E-state index contributed by atoms with van der Waals surface area (Å²) in [5.41, 5.74) is 1.000. The van der Waals surface area contributed by atoms with E-state index in [1.54, 1.807) is 23.0 Å². The van der Waals surface area contributed by atoms with Gasteiger partial charge < -0.3 is 5.32 Å². The van der Waals surface area contributed by atoms with E-state index in [2.05, 4.69) is 17.3 Å². The number of nitrogens with one attached hydrogen (secondary N) is 1. The van der Waals surface area contributed by atoms with Crippen LogP contribution in [-0.4, -0.2) is 22.2 Å². The normalized spacial score (nSPS) is 16.2. The molecule has 2 aromatic rings. The van der Waals surface area contributed by atoms with E-state index in [4.69, 9.17) is 0 Å². The molecule has 1 aliphatic rings. The Bertz CT molecular complexity index is 704. The van der Waals surface area contributed by atoms with E-state index < -0.39 is 0 Å². The van der Waals surface area contributed by atoms with Crippen molar-refractivity contribution in [1.29, 1.82) is 0 Å². The fourth-order valence-corrected chi connectivity index (χ4v) is 3.74. The molecule has 1 aromatic heterocycles. The van der Waals surface area contributed by atoms with Gasteiger partial charge in [-0.2, -0.15) is 5.10 Å². The maximum Gasteiger partial charge on any atom is 0.269 e. The predicted molar refractivity (Wildman–Crippen MR) is 91.4 cm³/mol. The Hall–Kier alpha value is -2.17. The summed E-state index contributed by atoms with van der Waals surface area (Å²) < 4.78 is 16.0. The molecule has 1 aromatic carbocycles. The Morgan fingerprint density at radius 3 is 2.75 bits per heavy atom. The summed E-state index contributed by atoms with van der Waals surface area (Å²) in [6, 6.07) is 8.68. The van der Waals surface area contributed by atoms with Gasteiger partial charge in [0.1, 0.15) is 11.5 Å². The zero-order chi connectivity index (χ0) is 17.0. The maximum atomic E-state index is 14.3. The largest absolute Gasteiger partial charge is 0.350 e. The number of aryl methyl sites for hydroxylation is 1. The van der Waals surface area contributed by atoms with Gasteiger partial charge in [0.25, 0.3) is 5.91 Å². The van der Waals surface area contributed by atoms with Gasteiger partial charge >= 0.3 is 0 Å². The molecule has 24 heavy (non-hydrogen) atoms. The summed E-state index contributed by atoms with van der Waals surface area (Å²) in [5, 5.41) is 7.22. The standard InChI is InChI=1S/C19H24FN3O/c1-2-13-23-17(9-12-22-23)18(24)21-14-19(10-5-6-11-19)15-7-3-4-8-16(15)20/h3-4,7-9,12H,2,5-6,10-11,13-14H2,1H3,(H,21,24). The summed E-state index contributed by atoms with van der Waals surface area (Å²) in [5.74, 6) is -0.312. The first kappa shape index (κ1) is 16.7. The van der Waals surface area contributed by atoms with Crippen LogP contribution in [-0.2, 0) is 12.0 Å². The van der Waals surface area contributed by atoms with Crippen LogP contribution < -0.4 is 5.32 Å². The van der Waals surface area contributed by atoms with Gasteiger partial charge in [-0.25, -0.2) is 4.39 Å². The number of carbonyl (C=O) groups excluding carboxylic acids is 1. The molecule has 4 nitrogen and oxygen atoms in total. The molecule has 1 heterocycles. The quantitative estimate of drug-likeness (QED) is 0.879. The van der Waals surface area contributed by atoms with E-state index in [1.165, 1.54) is 6.07 Å². The van der Waals surface area contributed by atoms with Gasteiger partial charge in [0, 0.05) is 24.7 Å². The van der Waals surface area contributed by atoms with Crippen molar-refractivity contribution in [3.05, 3.63) is 53.6 Å². The molecule has 1 saturated carbocycles. The Balaban J connectivity index is 1.77. The van der Waals surface area contributed by atoms with Gasteiger partial charge in [-0.05, 0) is 37.0 Å². The van der Waals surface area contributed by atoms with Crippen molar-refractivity contribution in [2.75, 3.05) is 6.54 Å². The minimum absolute atomic E-state index is 0.136. The molecular weight excluding hydrogens is 305 g/mol. The van der Waals surface area contributed by atoms with Crippen molar-refractivity contribution in [1.82, 2.24) is 15.1 Å². The molecule has 5 heteroatoms. The highest BCUT2D eigenvalue weighted by molar-refractivity contribution is 5.92. The number of benzene rings is 1. The Kier molecular flexibility index (Phi) is 4.97. The summed E-state index contributed by atoms with van der Waals surface area (Å²) in [7, 11) is 0. The van der Waals surface area contributed by atoms with Gasteiger partial charge in [-0.1, -0.05) is 38.0 Å². The second-order valence-corrected chi connectivity index (χ2v) is 6.59. The van der Waals surface area contributed by atoms with Crippen molar-refractivity contribution < 1.29 is 9.18 Å².